The fraction of sp³-hybridized carbons (Fsp3) is 0.353. The lowest BCUT2D eigenvalue weighted by molar-refractivity contribution is 0.586. The fourth-order valence-electron chi connectivity index (χ4n) is 2.48. The molecule has 100 valence electrons. The van der Waals surface area contributed by atoms with Crippen LogP contribution in [0.4, 0.5) is 0 Å². The second-order valence-corrected chi connectivity index (χ2v) is 5.21. The molecule has 2 nitrogen and oxygen atoms in total. The van der Waals surface area contributed by atoms with E-state index in [0.717, 1.165) is 6.42 Å². The molecule has 0 saturated carbocycles. The van der Waals surface area contributed by atoms with Gasteiger partial charge in [-0.3, -0.25) is 4.98 Å². The number of pyridine rings is 1. The van der Waals surface area contributed by atoms with E-state index in [-0.39, 0.29) is 0 Å². The normalized spacial score (nSPS) is 12.4. The second-order valence-electron chi connectivity index (χ2n) is 5.21. The number of nitrogens with one attached hydrogen (secondary N) is 1. The molecule has 0 fully saturated rings. The van der Waals surface area contributed by atoms with Crippen molar-refractivity contribution >= 4 is 0 Å². The van der Waals surface area contributed by atoms with Gasteiger partial charge >= 0.3 is 0 Å². The molecule has 1 aromatic heterocycles. The molecule has 1 unspecified atom stereocenters. The molecule has 1 heterocycles. The van der Waals surface area contributed by atoms with Crippen molar-refractivity contribution in [1.29, 1.82) is 0 Å². The lowest BCUT2D eigenvalue weighted by Crippen LogP contribution is -2.20. The van der Waals surface area contributed by atoms with Gasteiger partial charge in [-0.1, -0.05) is 23.8 Å². The highest BCUT2D eigenvalue weighted by Crippen LogP contribution is 2.23. The fourth-order valence-corrected chi connectivity index (χ4v) is 2.48. The van der Waals surface area contributed by atoms with E-state index in [1.165, 1.54) is 27.8 Å². The van der Waals surface area contributed by atoms with Gasteiger partial charge in [-0.2, -0.15) is 0 Å². The van der Waals surface area contributed by atoms with E-state index < -0.39 is 0 Å². The lowest BCUT2D eigenvalue weighted by Gasteiger charge is -2.20. The van der Waals surface area contributed by atoms with Gasteiger partial charge in [0.25, 0.3) is 0 Å². The summed E-state index contributed by atoms with van der Waals surface area (Å²) >= 11 is 0. The van der Waals surface area contributed by atoms with Crippen LogP contribution in [0.1, 0.15) is 33.9 Å². The van der Waals surface area contributed by atoms with Crippen LogP contribution in [-0.4, -0.2) is 12.0 Å². The van der Waals surface area contributed by atoms with Gasteiger partial charge in [0.15, 0.2) is 0 Å². The molecule has 1 atom stereocenters. The van der Waals surface area contributed by atoms with Crippen LogP contribution in [-0.2, 0) is 6.42 Å². The molecule has 2 aromatic rings. The number of hydrogen-bond donors (Lipinski definition) is 1. The third-order valence-corrected chi connectivity index (χ3v) is 3.72. The van der Waals surface area contributed by atoms with E-state index in [1.807, 2.05) is 19.4 Å². The van der Waals surface area contributed by atoms with Crippen LogP contribution in [0, 0.1) is 20.8 Å². The van der Waals surface area contributed by atoms with E-state index in [9.17, 15) is 0 Å². The number of likely N-dealkylation sites (N-methyl/N-ethyl adjacent to an activating group) is 1. The zero-order valence-electron chi connectivity index (χ0n) is 12.2. The van der Waals surface area contributed by atoms with Gasteiger partial charge in [-0.25, -0.2) is 0 Å². The molecule has 0 aliphatic heterocycles. The third-order valence-electron chi connectivity index (χ3n) is 3.72. The average Bonchev–Trinajstić information content (AvgIpc) is 2.41. The molecule has 0 radical (unpaired) electrons. The highest BCUT2D eigenvalue weighted by Gasteiger charge is 2.13. The van der Waals surface area contributed by atoms with Crippen molar-refractivity contribution in [3.63, 3.8) is 0 Å². The van der Waals surface area contributed by atoms with Gasteiger partial charge in [-0.15, -0.1) is 0 Å². The zero-order chi connectivity index (χ0) is 13.8. The molecule has 0 amide bonds. The van der Waals surface area contributed by atoms with Crippen LogP contribution in [0.15, 0.2) is 36.7 Å². The van der Waals surface area contributed by atoms with Gasteiger partial charge in [0.2, 0.25) is 0 Å². The van der Waals surface area contributed by atoms with Crippen molar-refractivity contribution in [2.45, 2.75) is 33.2 Å². The summed E-state index contributed by atoms with van der Waals surface area (Å²) in [6, 6.07) is 9.11. The number of rotatable bonds is 4. The Labute approximate surface area is 115 Å². The molecule has 2 rings (SSSR count). The molecule has 0 bridgehead atoms. The minimum Gasteiger partial charge on any atom is -0.313 e. The summed E-state index contributed by atoms with van der Waals surface area (Å²) in [5.74, 6) is 0. The predicted octanol–water partition coefficient (Wildman–Crippen LogP) is 3.51. The minimum atomic E-state index is 0.337. The van der Waals surface area contributed by atoms with Crippen molar-refractivity contribution < 1.29 is 0 Å². The number of hydrogen-bond acceptors (Lipinski definition) is 2. The molecule has 1 N–H and O–H groups in total. The van der Waals surface area contributed by atoms with E-state index in [2.05, 4.69) is 55.3 Å². The standard InChI is InChI=1S/C17H22N2/c1-12-5-6-13(2)15(9-12)10-17(18-4)16-7-8-19-11-14(16)3/h5-9,11,17-18H,10H2,1-4H3. The molecule has 0 spiro atoms. The van der Waals surface area contributed by atoms with Gasteiger partial charge < -0.3 is 5.32 Å². The first-order valence-corrected chi connectivity index (χ1v) is 6.75. The molecular weight excluding hydrogens is 232 g/mol. The van der Waals surface area contributed by atoms with Gasteiger partial charge in [0.05, 0.1) is 0 Å². The first-order valence-electron chi connectivity index (χ1n) is 6.75. The summed E-state index contributed by atoms with van der Waals surface area (Å²) in [6.45, 7) is 6.45. The predicted molar refractivity (Wildman–Crippen MR) is 80.4 cm³/mol. The lowest BCUT2D eigenvalue weighted by atomic mass is 9.93. The van der Waals surface area contributed by atoms with Crippen molar-refractivity contribution in [3.8, 4) is 0 Å². The zero-order valence-corrected chi connectivity index (χ0v) is 12.2. The molecule has 0 saturated heterocycles. The van der Waals surface area contributed by atoms with Gasteiger partial charge in [-0.05, 0) is 62.6 Å². The summed E-state index contributed by atoms with van der Waals surface area (Å²) in [7, 11) is 2.02. The SMILES string of the molecule is CNC(Cc1cc(C)ccc1C)c1ccncc1C. The quantitative estimate of drug-likeness (QED) is 0.903. The molecular formula is C17H22N2. The van der Waals surface area contributed by atoms with Gasteiger partial charge in [0, 0.05) is 18.4 Å². The number of benzene rings is 1. The van der Waals surface area contributed by atoms with E-state index >= 15 is 0 Å². The van der Waals surface area contributed by atoms with Crippen LogP contribution in [0.3, 0.4) is 0 Å². The van der Waals surface area contributed by atoms with Crippen molar-refractivity contribution in [1.82, 2.24) is 10.3 Å². The first-order chi connectivity index (χ1) is 9.11. The van der Waals surface area contributed by atoms with Crippen LogP contribution in [0.5, 0.6) is 0 Å². The van der Waals surface area contributed by atoms with E-state index in [0.29, 0.717) is 6.04 Å². The summed E-state index contributed by atoms with van der Waals surface area (Å²) in [5, 5.41) is 3.43. The van der Waals surface area contributed by atoms with Crippen LogP contribution < -0.4 is 5.32 Å². The maximum absolute atomic E-state index is 4.17. The number of nitrogens with zero attached hydrogens (tertiary/aromatic N) is 1. The smallest absolute Gasteiger partial charge is 0.0362 e. The second kappa shape index (κ2) is 5.98. The largest absolute Gasteiger partial charge is 0.313 e. The molecule has 2 heteroatoms. The topological polar surface area (TPSA) is 24.9 Å². The molecule has 0 aliphatic rings. The minimum absolute atomic E-state index is 0.337. The monoisotopic (exact) mass is 254 g/mol. The molecule has 19 heavy (non-hydrogen) atoms. The Hall–Kier alpha value is -1.67. The maximum atomic E-state index is 4.17. The Morgan fingerprint density at radius 2 is 1.89 bits per heavy atom. The van der Waals surface area contributed by atoms with E-state index in [4.69, 9.17) is 0 Å². The third kappa shape index (κ3) is 3.21. The molecule has 0 aliphatic carbocycles. The van der Waals surface area contributed by atoms with Crippen molar-refractivity contribution in [3.05, 3.63) is 64.5 Å². The first kappa shape index (κ1) is 13.8. The summed E-state index contributed by atoms with van der Waals surface area (Å²) in [5.41, 5.74) is 6.67. The molecule has 1 aromatic carbocycles. The number of aryl methyl sites for hydroxylation is 3. The maximum Gasteiger partial charge on any atom is 0.0362 e. The number of aromatic nitrogens is 1. The van der Waals surface area contributed by atoms with Crippen LogP contribution >= 0.6 is 0 Å². The highest BCUT2D eigenvalue weighted by molar-refractivity contribution is 5.34. The van der Waals surface area contributed by atoms with Crippen LogP contribution in [0.2, 0.25) is 0 Å². The van der Waals surface area contributed by atoms with Gasteiger partial charge in [0.1, 0.15) is 0 Å². The Balaban J connectivity index is 2.29. The Kier molecular flexibility index (Phi) is 4.33. The summed E-state index contributed by atoms with van der Waals surface area (Å²) in [6.07, 6.45) is 4.81. The highest BCUT2D eigenvalue weighted by atomic mass is 14.9. The Morgan fingerprint density at radius 3 is 2.58 bits per heavy atom. The van der Waals surface area contributed by atoms with E-state index in [1.54, 1.807) is 0 Å². The Morgan fingerprint density at radius 1 is 1.11 bits per heavy atom. The van der Waals surface area contributed by atoms with Crippen molar-refractivity contribution in [2.24, 2.45) is 0 Å². The Bertz CT molecular complexity index is 561. The summed E-state index contributed by atoms with van der Waals surface area (Å²) in [4.78, 5) is 4.17. The average molecular weight is 254 g/mol. The summed E-state index contributed by atoms with van der Waals surface area (Å²) < 4.78 is 0. The van der Waals surface area contributed by atoms with Crippen LogP contribution in [0.25, 0.3) is 0 Å². The van der Waals surface area contributed by atoms with Crippen molar-refractivity contribution in [2.75, 3.05) is 7.05 Å².